The number of hydrogen-bond acceptors (Lipinski definition) is 4. The Labute approximate surface area is 181 Å². The van der Waals surface area contributed by atoms with E-state index in [4.69, 9.17) is 9.47 Å². The molecule has 0 N–H and O–H groups in total. The highest BCUT2D eigenvalue weighted by molar-refractivity contribution is 6.02. The molecule has 0 fully saturated rings. The van der Waals surface area contributed by atoms with Crippen LogP contribution in [0.1, 0.15) is 46.6 Å². The van der Waals surface area contributed by atoms with E-state index >= 15 is 0 Å². The van der Waals surface area contributed by atoms with Gasteiger partial charge in [-0.15, -0.1) is 0 Å². The van der Waals surface area contributed by atoms with Crippen LogP contribution >= 0.6 is 0 Å². The van der Waals surface area contributed by atoms with E-state index in [9.17, 15) is 9.59 Å². The molecule has 0 radical (unpaired) electrons. The highest BCUT2D eigenvalue weighted by atomic mass is 16.6. The molecule has 0 bridgehead atoms. The Morgan fingerprint density at radius 2 is 1.10 bits per heavy atom. The Morgan fingerprint density at radius 3 is 1.61 bits per heavy atom. The topological polar surface area (TPSA) is 52.6 Å². The standard InChI is InChI=1S/C27H24O4/c28-26(30-23-14-12-18-8-4-10-21(18)16-23)25(20-6-2-1-3-7-20)27(29)31-24-15-13-19-9-5-11-22(19)17-24/h1-3,6-7,12-17,25H,4-5,8-11H2. The van der Waals surface area contributed by atoms with E-state index in [1.165, 1.54) is 22.3 Å². The molecule has 31 heavy (non-hydrogen) atoms. The quantitative estimate of drug-likeness (QED) is 0.338. The third-order valence-corrected chi connectivity index (χ3v) is 6.18. The molecule has 2 aliphatic carbocycles. The smallest absolute Gasteiger partial charge is 0.330 e. The van der Waals surface area contributed by atoms with Crippen LogP contribution in [0.2, 0.25) is 0 Å². The molecule has 0 unspecified atom stereocenters. The zero-order valence-corrected chi connectivity index (χ0v) is 17.3. The van der Waals surface area contributed by atoms with Crippen LogP contribution in [0.5, 0.6) is 11.5 Å². The highest BCUT2D eigenvalue weighted by Crippen LogP contribution is 2.30. The van der Waals surface area contributed by atoms with Crippen molar-refractivity contribution < 1.29 is 19.1 Å². The van der Waals surface area contributed by atoms with Crippen molar-refractivity contribution in [2.75, 3.05) is 0 Å². The fourth-order valence-corrected chi connectivity index (χ4v) is 4.59. The summed E-state index contributed by atoms with van der Waals surface area (Å²) in [4.78, 5) is 26.2. The van der Waals surface area contributed by atoms with Crippen molar-refractivity contribution in [1.29, 1.82) is 0 Å². The Kier molecular flexibility index (Phi) is 5.29. The number of esters is 2. The van der Waals surface area contributed by atoms with Gasteiger partial charge in [0.25, 0.3) is 0 Å². The van der Waals surface area contributed by atoms with Gasteiger partial charge in [-0.25, -0.2) is 0 Å². The van der Waals surface area contributed by atoms with Gasteiger partial charge in [-0.05, 0) is 90.6 Å². The normalized spacial score (nSPS) is 14.2. The van der Waals surface area contributed by atoms with Gasteiger partial charge in [0.2, 0.25) is 0 Å². The van der Waals surface area contributed by atoms with Gasteiger partial charge in [-0.3, -0.25) is 9.59 Å². The van der Waals surface area contributed by atoms with Crippen LogP contribution in [0.15, 0.2) is 66.7 Å². The third kappa shape index (κ3) is 4.11. The van der Waals surface area contributed by atoms with Crippen LogP contribution in [0.4, 0.5) is 0 Å². The molecule has 0 spiro atoms. The molecule has 0 aliphatic heterocycles. The van der Waals surface area contributed by atoms with Crippen LogP contribution in [-0.2, 0) is 35.3 Å². The first-order valence-corrected chi connectivity index (χ1v) is 10.9. The maximum atomic E-state index is 13.1. The zero-order valence-electron chi connectivity index (χ0n) is 17.3. The summed E-state index contributed by atoms with van der Waals surface area (Å²) in [5, 5.41) is 0. The molecule has 4 heteroatoms. The van der Waals surface area contributed by atoms with Gasteiger partial charge in [-0.2, -0.15) is 0 Å². The lowest BCUT2D eigenvalue weighted by molar-refractivity contribution is -0.147. The van der Waals surface area contributed by atoms with Crippen molar-refractivity contribution in [2.45, 2.75) is 44.4 Å². The molecule has 0 amide bonds. The number of rotatable bonds is 5. The molecule has 0 heterocycles. The molecule has 5 rings (SSSR count). The van der Waals surface area contributed by atoms with Gasteiger partial charge in [0.05, 0.1) is 0 Å². The van der Waals surface area contributed by atoms with Gasteiger partial charge in [0, 0.05) is 0 Å². The van der Waals surface area contributed by atoms with Crippen LogP contribution < -0.4 is 9.47 Å². The molecule has 3 aromatic rings. The summed E-state index contributed by atoms with van der Waals surface area (Å²) in [5.74, 6) is -1.47. The van der Waals surface area contributed by atoms with Crippen molar-refractivity contribution in [2.24, 2.45) is 0 Å². The van der Waals surface area contributed by atoms with E-state index in [2.05, 4.69) is 0 Å². The average molecular weight is 412 g/mol. The number of ether oxygens (including phenoxy) is 2. The second-order valence-corrected chi connectivity index (χ2v) is 8.25. The van der Waals surface area contributed by atoms with E-state index in [0.29, 0.717) is 17.1 Å². The van der Waals surface area contributed by atoms with E-state index in [0.717, 1.165) is 38.5 Å². The molecule has 4 nitrogen and oxygen atoms in total. The maximum Gasteiger partial charge on any atom is 0.330 e. The van der Waals surface area contributed by atoms with Gasteiger partial charge in [-0.1, -0.05) is 42.5 Å². The number of hydrogen-bond donors (Lipinski definition) is 0. The van der Waals surface area contributed by atoms with Crippen molar-refractivity contribution in [3.8, 4) is 11.5 Å². The minimum absolute atomic E-state index is 0.469. The second kappa shape index (κ2) is 8.38. The monoisotopic (exact) mass is 412 g/mol. The lowest BCUT2D eigenvalue weighted by atomic mass is 9.99. The number of aryl methyl sites for hydroxylation is 4. The van der Waals surface area contributed by atoms with Gasteiger partial charge in [0.1, 0.15) is 11.5 Å². The summed E-state index contributed by atoms with van der Waals surface area (Å²) >= 11 is 0. The van der Waals surface area contributed by atoms with Crippen LogP contribution in [0.3, 0.4) is 0 Å². The Balaban J connectivity index is 1.38. The van der Waals surface area contributed by atoms with E-state index in [1.807, 2.05) is 30.3 Å². The molecule has 0 atom stereocenters. The van der Waals surface area contributed by atoms with Crippen LogP contribution in [0, 0.1) is 0 Å². The highest BCUT2D eigenvalue weighted by Gasteiger charge is 2.33. The molecule has 2 aliphatic rings. The first kappa shape index (κ1) is 19.6. The minimum atomic E-state index is -1.15. The summed E-state index contributed by atoms with van der Waals surface area (Å²) in [6.07, 6.45) is 6.33. The number of fused-ring (bicyclic) bond motifs is 2. The zero-order chi connectivity index (χ0) is 21.2. The number of benzene rings is 3. The average Bonchev–Trinajstić information content (AvgIpc) is 3.43. The summed E-state index contributed by atoms with van der Waals surface area (Å²) in [6, 6.07) is 20.4. The van der Waals surface area contributed by atoms with Crippen molar-refractivity contribution >= 4 is 11.9 Å². The number of carbonyl (C=O) groups is 2. The summed E-state index contributed by atoms with van der Waals surface area (Å²) < 4.78 is 11.3. The lowest BCUT2D eigenvalue weighted by Crippen LogP contribution is -2.29. The molecule has 0 saturated carbocycles. The maximum absolute atomic E-state index is 13.1. The number of carbonyl (C=O) groups excluding carboxylic acids is 2. The molecular weight excluding hydrogens is 388 g/mol. The fourth-order valence-electron chi connectivity index (χ4n) is 4.59. The van der Waals surface area contributed by atoms with Crippen LogP contribution in [-0.4, -0.2) is 11.9 Å². The van der Waals surface area contributed by atoms with Gasteiger partial charge >= 0.3 is 11.9 Å². The first-order chi connectivity index (χ1) is 15.2. The Hall–Kier alpha value is -3.40. The predicted molar refractivity (Wildman–Crippen MR) is 117 cm³/mol. The lowest BCUT2D eigenvalue weighted by Gasteiger charge is -2.16. The van der Waals surface area contributed by atoms with Crippen molar-refractivity contribution in [1.82, 2.24) is 0 Å². The molecule has 3 aromatic carbocycles. The minimum Gasteiger partial charge on any atom is -0.426 e. The molecule has 156 valence electrons. The largest absolute Gasteiger partial charge is 0.426 e. The summed E-state index contributed by atoms with van der Waals surface area (Å²) in [5.41, 5.74) is 5.58. The van der Waals surface area contributed by atoms with Crippen molar-refractivity contribution in [3.05, 3.63) is 94.5 Å². The predicted octanol–water partition coefficient (Wildman–Crippen LogP) is 4.96. The molecular formula is C27H24O4. The molecule has 0 saturated heterocycles. The first-order valence-electron chi connectivity index (χ1n) is 10.9. The van der Waals surface area contributed by atoms with Gasteiger partial charge < -0.3 is 9.47 Å². The van der Waals surface area contributed by atoms with Gasteiger partial charge in [0.15, 0.2) is 5.92 Å². The molecule has 0 aromatic heterocycles. The SMILES string of the molecule is O=C(Oc1ccc2c(c1)CCC2)C(C(=O)Oc1ccc2c(c1)CCC2)c1ccccc1. The van der Waals surface area contributed by atoms with Crippen LogP contribution in [0.25, 0.3) is 0 Å². The fraction of sp³-hybridized carbons (Fsp3) is 0.259. The van der Waals surface area contributed by atoms with E-state index in [1.54, 1.807) is 36.4 Å². The second-order valence-electron chi connectivity index (χ2n) is 8.25. The van der Waals surface area contributed by atoms with E-state index < -0.39 is 17.9 Å². The third-order valence-electron chi connectivity index (χ3n) is 6.18. The Bertz CT molecular complexity index is 1060. The van der Waals surface area contributed by atoms with Crippen molar-refractivity contribution in [3.63, 3.8) is 0 Å². The van der Waals surface area contributed by atoms with E-state index in [-0.39, 0.29) is 0 Å². The summed E-state index contributed by atoms with van der Waals surface area (Å²) in [7, 11) is 0. The summed E-state index contributed by atoms with van der Waals surface area (Å²) in [6.45, 7) is 0. The Morgan fingerprint density at radius 1 is 0.613 bits per heavy atom.